The minimum atomic E-state index is -3.36. The van der Waals surface area contributed by atoms with Crippen molar-refractivity contribution in [3.63, 3.8) is 0 Å². The summed E-state index contributed by atoms with van der Waals surface area (Å²) in [5, 5.41) is 6.33. The van der Waals surface area contributed by atoms with E-state index >= 15 is 0 Å². The Morgan fingerprint density at radius 1 is 1.38 bits per heavy atom. The summed E-state index contributed by atoms with van der Waals surface area (Å²) in [6.07, 6.45) is 6.97. The zero-order valence-electron chi connectivity index (χ0n) is 13.6. The van der Waals surface area contributed by atoms with Crippen LogP contribution in [0, 0.1) is 5.41 Å². The number of fused-ring (bicyclic) bond motifs is 1. The molecule has 0 aromatic heterocycles. The Bertz CT molecular complexity index is 694. The summed E-state index contributed by atoms with van der Waals surface area (Å²) in [5.41, 5.74) is 0.659. The van der Waals surface area contributed by atoms with Gasteiger partial charge in [-0.15, -0.1) is 16.8 Å². The Labute approximate surface area is 148 Å². The summed E-state index contributed by atoms with van der Waals surface area (Å²) in [5.74, 6) is 0.215. The Morgan fingerprint density at radius 2 is 2.08 bits per heavy atom. The highest BCUT2D eigenvalue weighted by atomic mass is 35.5. The van der Waals surface area contributed by atoms with Crippen molar-refractivity contribution in [2.24, 2.45) is 9.81 Å². The molecule has 0 aliphatic carbocycles. The van der Waals surface area contributed by atoms with Gasteiger partial charge in [-0.05, 0) is 43.5 Å². The SMILES string of the molecule is CC1(CNC(=O)C2=CN3CCS(=O)(=O)N=C3C=C2)CCNCC1.Cl. The molecule has 0 saturated carbocycles. The van der Waals surface area contributed by atoms with Crippen molar-refractivity contribution >= 4 is 34.2 Å². The maximum Gasteiger partial charge on any atom is 0.256 e. The van der Waals surface area contributed by atoms with Gasteiger partial charge in [-0.3, -0.25) is 4.79 Å². The summed E-state index contributed by atoms with van der Waals surface area (Å²) in [7, 11) is -3.36. The predicted molar refractivity (Wildman–Crippen MR) is 95.6 cm³/mol. The number of carbonyl (C=O) groups is 1. The average molecular weight is 375 g/mol. The highest BCUT2D eigenvalue weighted by molar-refractivity contribution is 7.90. The molecule has 0 atom stereocenters. The summed E-state index contributed by atoms with van der Waals surface area (Å²) >= 11 is 0. The normalized spacial score (nSPS) is 24.1. The van der Waals surface area contributed by atoms with E-state index in [9.17, 15) is 13.2 Å². The molecule has 0 aromatic rings. The minimum absolute atomic E-state index is 0. The van der Waals surface area contributed by atoms with Crippen molar-refractivity contribution in [1.29, 1.82) is 0 Å². The number of piperidine rings is 1. The van der Waals surface area contributed by atoms with Crippen LogP contribution in [-0.4, -0.2) is 57.0 Å². The van der Waals surface area contributed by atoms with Crippen molar-refractivity contribution in [2.75, 3.05) is 31.9 Å². The number of hydrogen-bond donors (Lipinski definition) is 2. The molecule has 0 radical (unpaired) electrons. The van der Waals surface area contributed by atoms with Gasteiger partial charge in [-0.1, -0.05) is 6.92 Å². The number of rotatable bonds is 3. The molecule has 3 rings (SSSR count). The van der Waals surface area contributed by atoms with Gasteiger partial charge in [-0.2, -0.15) is 0 Å². The summed E-state index contributed by atoms with van der Waals surface area (Å²) in [6, 6.07) is 0. The van der Waals surface area contributed by atoms with Crippen LogP contribution < -0.4 is 10.6 Å². The average Bonchev–Trinajstić information content (AvgIpc) is 2.52. The highest BCUT2D eigenvalue weighted by Crippen LogP contribution is 2.27. The van der Waals surface area contributed by atoms with E-state index in [2.05, 4.69) is 22.0 Å². The quantitative estimate of drug-likeness (QED) is 0.746. The maximum absolute atomic E-state index is 12.4. The predicted octanol–water partition coefficient (Wildman–Crippen LogP) is 0.412. The molecule has 3 heterocycles. The Morgan fingerprint density at radius 3 is 2.79 bits per heavy atom. The molecule has 3 aliphatic heterocycles. The second kappa shape index (κ2) is 7.25. The van der Waals surface area contributed by atoms with Crippen molar-refractivity contribution in [1.82, 2.24) is 15.5 Å². The van der Waals surface area contributed by atoms with E-state index in [0.29, 0.717) is 24.5 Å². The third-order valence-corrected chi connectivity index (χ3v) is 5.74. The first-order chi connectivity index (χ1) is 10.9. The van der Waals surface area contributed by atoms with Crippen LogP contribution in [0.1, 0.15) is 19.8 Å². The lowest BCUT2D eigenvalue weighted by Gasteiger charge is -2.34. The van der Waals surface area contributed by atoms with Crippen LogP contribution in [0.5, 0.6) is 0 Å². The van der Waals surface area contributed by atoms with Crippen LogP contribution >= 0.6 is 12.4 Å². The van der Waals surface area contributed by atoms with Gasteiger partial charge in [0.05, 0.1) is 11.3 Å². The van der Waals surface area contributed by atoms with Crippen molar-refractivity contribution in [3.05, 3.63) is 23.9 Å². The van der Waals surface area contributed by atoms with Crippen molar-refractivity contribution in [2.45, 2.75) is 19.8 Å². The number of nitrogens with zero attached hydrogens (tertiary/aromatic N) is 2. The van der Waals surface area contributed by atoms with E-state index in [0.717, 1.165) is 25.9 Å². The van der Waals surface area contributed by atoms with Gasteiger partial charge in [0.2, 0.25) is 0 Å². The molecule has 1 fully saturated rings. The molecular formula is C15H23ClN4O3S. The van der Waals surface area contributed by atoms with Gasteiger partial charge in [0.15, 0.2) is 0 Å². The number of sulfonamides is 1. The first-order valence-corrected chi connectivity index (χ1v) is 9.46. The van der Waals surface area contributed by atoms with Crippen LogP contribution in [0.25, 0.3) is 0 Å². The third kappa shape index (κ3) is 4.37. The van der Waals surface area contributed by atoms with Gasteiger partial charge in [0.25, 0.3) is 15.9 Å². The van der Waals surface area contributed by atoms with Gasteiger partial charge in [-0.25, -0.2) is 8.42 Å². The van der Waals surface area contributed by atoms with Gasteiger partial charge >= 0.3 is 0 Å². The van der Waals surface area contributed by atoms with Crippen molar-refractivity contribution in [3.8, 4) is 0 Å². The Balaban J connectivity index is 0.00000208. The molecular weight excluding hydrogens is 352 g/mol. The van der Waals surface area contributed by atoms with Gasteiger partial charge in [0, 0.05) is 19.3 Å². The molecule has 0 bridgehead atoms. The number of hydrogen-bond acceptors (Lipinski definition) is 5. The molecule has 1 amide bonds. The molecule has 134 valence electrons. The third-order valence-electron chi connectivity index (χ3n) is 4.57. The molecule has 7 nitrogen and oxygen atoms in total. The lowest BCUT2D eigenvalue weighted by atomic mass is 9.81. The zero-order chi connectivity index (χ0) is 16.5. The number of amides is 1. The topological polar surface area (TPSA) is 90.9 Å². The number of carbonyl (C=O) groups excluding carboxylic acids is 1. The van der Waals surface area contributed by atoms with Crippen molar-refractivity contribution < 1.29 is 13.2 Å². The van der Waals surface area contributed by atoms with Crippen LogP contribution in [0.3, 0.4) is 0 Å². The van der Waals surface area contributed by atoms with E-state index in [1.165, 1.54) is 0 Å². The Hall–Kier alpha value is -1.38. The molecule has 2 N–H and O–H groups in total. The molecule has 9 heteroatoms. The van der Waals surface area contributed by atoms with E-state index in [4.69, 9.17) is 0 Å². The van der Waals surface area contributed by atoms with E-state index < -0.39 is 10.0 Å². The standard InChI is InChI=1S/C15H22N4O3S.ClH/c1-15(4-6-16-7-5-15)11-17-14(20)12-2-3-13-18-23(21,22)9-8-19(13)10-12;/h2-3,10,16H,4-9,11H2,1H3,(H,17,20);1H. The van der Waals surface area contributed by atoms with Gasteiger partial charge < -0.3 is 15.5 Å². The van der Waals surface area contributed by atoms with E-state index in [-0.39, 0.29) is 29.5 Å². The van der Waals surface area contributed by atoms with Crippen LogP contribution in [0.4, 0.5) is 0 Å². The largest absolute Gasteiger partial charge is 0.351 e. The minimum Gasteiger partial charge on any atom is -0.351 e. The fraction of sp³-hybridized carbons (Fsp3) is 0.600. The smallest absolute Gasteiger partial charge is 0.256 e. The fourth-order valence-corrected chi connectivity index (χ4v) is 3.91. The number of nitrogens with one attached hydrogen (secondary N) is 2. The fourth-order valence-electron chi connectivity index (χ4n) is 2.94. The highest BCUT2D eigenvalue weighted by Gasteiger charge is 2.28. The second-order valence-electron chi connectivity index (χ2n) is 6.59. The maximum atomic E-state index is 12.4. The monoisotopic (exact) mass is 374 g/mol. The van der Waals surface area contributed by atoms with Crippen LogP contribution in [0.15, 0.2) is 28.3 Å². The van der Waals surface area contributed by atoms with Gasteiger partial charge in [0.1, 0.15) is 5.84 Å². The lowest BCUT2D eigenvalue weighted by molar-refractivity contribution is -0.117. The molecule has 1 saturated heterocycles. The molecule has 0 spiro atoms. The lowest BCUT2D eigenvalue weighted by Crippen LogP contribution is -2.43. The van der Waals surface area contributed by atoms with Crippen LogP contribution in [0.2, 0.25) is 0 Å². The summed E-state index contributed by atoms with van der Waals surface area (Å²) in [6.45, 7) is 5.13. The zero-order valence-corrected chi connectivity index (χ0v) is 15.3. The Kier molecular flexibility index (Phi) is 5.72. The van der Waals surface area contributed by atoms with E-state index in [1.807, 2.05) is 0 Å². The molecule has 0 unspecified atom stereocenters. The number of amidine groups is 1. The number of halogens is 1. The van der Waals surface area contributed by atoms with E-state index in [1.54, 1.807) is 23.3 Å². The molecule has 3 aliphatic rings. The molecule has 0 aromatic carbocycles. The summed E-state index contributed by atoms with van der Waals surface area (Å²) in [4.78, 5) is 14.1. The van der Waals surface area contributed by atoms with Crippen LogP contribution in [-0.2, 0) is 14.8 Å². The second-order valence-corrected chi connectivity index (χ2v) is 8.34. The first kappa shape index (κ1) is 19.0. The molecule has 24 heavy (non-hydrogen) atoms. The summed E-state index contributed by atoms with van der Waals surface area (Å²) < 4.78 is 26.7. The first-order valence-electron chi connectivity index (χ1n) is 7.85.